The van der Waals surface area contributed by atoms with Crippen molar-refractivity contribution in [2.75, 3.05) is 65.6 Å². The minimum Gasteiger partial charge on any atom is -0.378 e. The van der Waals surface area contributed by atoms with Crippen molar-refractivity contribution in [1.29, 1.82) is 0 Å². The first-order valence-corrected chi connectivity index (χ1v) is 11.4. The van der Waals surface area contributed by atoms with Crippen LogP contribution >= 0.6 is 0 Å². The maximum absolute atomic E-state index is 13.1. The van der Waals surface area contributed by atoms with E-state index in [0.717, 1.165) is 24.2 Å². The summed E-state index contributed by atoms with van der Waals surface area (Å²) in [7, 11) is 0. The van der Waals surface area contributed by atoms with E-state index in [1.807, 2.05) is 16.7 Å². The van der Waals surface area contributed by atoms with Crippen LogP contribution in [0, 0.1) is 5.92 Å². The first kappa shape index (κ1) is 22.0. The molecule has 31 heavy (non-hydrogen) atoms. The Labute approximate surface area is 182 Å². The first-order chi connectivity index (χ1) is 14.9. The van der Waals surface area contributed by atoms with Gasteiger partial charge < -0.3 is 19.9 Å². The van der Waals surface area contributed by atoms with Crippen molar-refractivity contribution in [3.05, 3.63) is 0 Å². The summed E-state index contributed by atoms with van der Waals surface area (Å²) in [6, 6.07) is -0.457. The number of nitrogens with one attached hydrogen (secondary N) is 1. The Morgan fingerprint density at radius 2 is 1.61 bits per heavy atom. The molecule has 4 fully saturated rings. The van der Waals surface area contributed by atoms with E-state index in [-0.39, 0.29) is 30.2 Å². The SMILES string of the molecule is C[C@H]1CCCC[C@]12NC(=O)N(CC(=O)N1CCN(CC(=O)N3CCOCC3)CC1)C2=O. The predicted octanol–water partition coefficient (Wildman–Crippen LogP) is -0.510. The van der Waals surface area contributed by atoms with Crippen LogP contribution in [0.5, 0.6) is 0 Å². The van der Waals surface area contributed by atoms with Gasteiger partial charge in [-0.25, -0.2) is 4.79 Å². The topological polar surface area (TPSA) is 102 Å². The van der Waals surface area contributed by atoms with Crippen LogP contribution in [0.2, 0.25) is 0 Å². The van der Waals surface area contributed by atoms with Gasteiger partial charge in [0.15, 0.2) is 0 Å². The highest BCUT2D eigenvalue weighted by molar-refractivity contribution is 6.09. The lowest BCUT2D eigenvalue weighted by molar-refractivity contribution is -0.142. The highest BCUT2D eigenvalue weighted by atomic mass is 16.5. The molecule has 2 atom stereocenters. The summed E-state index contributed by atoms with van der Waals surface area (Å²) in [6.45, 7) is 6.72. The number of hydrogen-bond donors (Lipinski definition) is 1. The largest absolute Gasteiger partial charge is 0.378 e. The van der Waals surface area contributed by atoms with Crippen molar-refractivity contribution >= 4 is 23.8 Å². The minimum absolute atomic E-state index is 0.0744. The number of piperazine rings is 1. The van der Waals surface area contributed by atoms with Crippen molar-refractivity contribution in [2.45, 2.75) is 38.1 Å². The fourth-order valence-corrected chi connectivity index (χ4v) is 5.13. The highest BCUT2D eigenvalue weighted by Gasteiger charge is 2.55. The minimum atomic E-state index is -0.839. The second-order valence-electron chi connectivity index (χ2n) is 9.09. The number of hydrogen-bond acceptors (Lipinski definition) is 6. The molecule has 4 rings (SSSR count). The molecule has 0 unspecified atom stereocenters. The predicted molar refractivity (Wildman–Crippen MR) is 111 cm³/mol. The summed E-state index contributed by atoms with van der Waals surface area (Å²) in [5.41, 5.74) is -0.839. The van der Waals surface area contributed by atoms with Crippen LogP contribution in [0.3, 0.4) is 0 Å². The smallest absolute Gasteiger partial charge is 0.325 e. The molecule has 3 saturated heterocycles. The molecular weight excluding hydrogens is 402 g/mol. The number of imide groups is 1. The molecule has 172 valence electrons. The Kier molecular flexibility index (Phi) is 6.47. The molecule has 0 aromatic carbocycles. The van der Waals surface area contributed by atoms with E-state index >= 15 is 0 Å². The maximum atomic E-state index is 13.1. The summed E-state index contributed by atoms with van der Waals surface area (Å²) in [6.07, 6.45) is 3.50. The molecule has 0 bridgehead atoms. The van der Waals surface area contributed by atoms with E-state index in [2.05, 4.69) is 5.32 Å². The summed E-state index contributed by atoms with van der Waals surface area (Å²) < 4.78 is 5.28. The van der Waals surface area contributed by atoms with Crippen LogP contribution < -0.4 is 5.32 Å². The summed E-state index contributed by atoms with van der Waals surface area (Å²) in [4.78, 5) is 57.5. The molecule has 1 aliphatic carbocycles. The Bertz CT molecular complexity index is 732. The number of carbonyl (C=O) groups excluding carboxylic acids is 4. The third kappa shape index (κ3) is 4.41. The third-order valence-electron chi connectivity index (χ3n) is 7.24. The number of morpholine rings is 1. The molecule has 3 aliphatic heterocycles. The molecule has 0 aromatic rings. The van der Waals surface area contributed by atoms with E-state index < -0.39 is 11.6 Å². The van der Waals surface area contributed by atoms with Gasteiger partial charge in [-0.05, 0) is 18.8 Å². The lowest BCUT2D eigenvalue weighted by Gasteiger charge is -2.37. The third-order valence-corrected chi connectivity index (χ3v) is 7.24. The molecule has 1 saturated carbocycles. The van der Waals surface area contributed by atoms with Gasteiger partial charge in [-0.2, -0.15) is 0 Å². The second kappa shape index (κ2) is 9.12. The zero-order valence-corrected chi connectivity index (χ0v) is 18.3. The van der Waals surface area contributed by atoms with Crippen molar-refractivity contribution in [3.8, 4) is 0 Å². The average molecular weight is 436 g/mol. The maximum Gasteiger partial charge on any atom is 0.325 e. The van der Waals surface area contributed by atoms with Crippen LogP contribution in [-0.2, 0) is 19.1 Å². The Balaban J connectivity index is 1.27. The van der Waals surface area contributed by atoms with Gasteiger partial charge in [0.25, 0.3) is 5.91 Å². The molecule has 4 aliphatic rings. The molecule has 3 heterocycles. The standard InChI is InChI=1S/C21H33N5O5/c1-16-4-2-3-5-21(16)19(29)26(20(30)22-21)15-18(28)24-8-6-23(7-9-24)14-17(27)25-10-12-31-13-11-25/h16H,2-15H2,1H3,(H,22,30)/t16-,21-/m0/s1. The van der Waals surface area contributed by atoms with Gasteiger partial charge >= 0.3 is 6.03 Å². The fraction of sp³-hybridized carbons (Fsp3) is 0.810. The molecule has 10 nitrogen and oxygen atoms in total. The Hall–Kier alpha value is -2.20. The quantitative estimate of drug-likeness (QED) is 0.597. The van der Waals surface area contributed by atoms with Gasteiger partial charge in [-0.3, -0.25) is 24.2 Å². The van der Waals surface area contributed by atoms with Crippen molar-refractivity contribution in [2.24, 2.45) is 5.92 Å². The van der Waals surface area contributed by atoms with E-state index in [9.17, 15) is 19.2 Å². The molecular formula is C21H33N5O5. The van der Waals surface area contributed by atoms with E-state index in [4.69, 9.17) is 4.74 Å². The van der Waals surface area contributed by atoms with Crippen molar-refractivity contribution in [3.63, 3.8) is 0 Å². The molecule has 5 amide bonds. The summed E-state index contributed by atoms with van der Waals surface area (Å²) in [5.74, 6) is -0.310. The molecule has 1 spiro atoms. The highest BCUT2D eigenvalue weighted by Crippen LogP contribution is 2.38. The van der Waals surface area contributed by atoms with Crippen LogP contribution in [0.1, 0.15) is 32.6 Å². The monoisotopic (exact) mass is 435 g/mol. The Morgan fingerprint density at radius 1 is 0.968 bits per heavy atom. The summed E-state index contributed by atoms with van der Waals surface area (Å²) in [5, 5.41) is 2.89. The van der Waals surface area contributed by atoms with Crippen LogP contribution in [0.4, 0.5) is 4.79 Å². The normalized spacial score (nSPS) is 30.1. The molecule has 1 N–H and O–H groups in total. The zero-order valence-electron chi connectivity index (χ0n) is 18.3. The number of carbonyl (C=O) groups is 4. The van der Waals surface area contributed by atoms with Gasteiger partial charge in [-0.15, -0.1) is 0 Å². The number of ether oxygens (including phenoxy) is 1. The zero-order chi connectivity index (χ0) is 22.0. The van der Waals surface area contributed by atoms with Crippen LogP contribution in [0.15, 0.2) is 0 Å². The fourth-order valence-electron chi connectivity index (χ4n) is 5.13. The molecule has 0 radical (unpaired) electrons. The van der Waals surface area contributed by atoms with Gasteiger partial charge in [0.05, 0.1) is 19.8 Å². The van der Waals surface area contributed by atoms with Crippen LogP contribution in [0.25, 0.3) is 0 Å². The number of amides is 5. The Morgan fingerprint density at radius 3 is 2.29 bits per heavy atom. The first-order valence-electron chi connectivity index (χ1n) is 11.4. The van der Waals surface area contributed by atoms with E-state index in [1.54, 1.807) is 4.90 Å². The number of rotatable bonds is 4. The van der Waals surface area contributed by atoms with Gasteiger partial charge in [0, 0.05) is 39.3 Å². The van der Waals surface area contributed by atoms with Crippen molar-refractivity contribution < 1.29 is 23.9 Å². The molecule has 0 aromatic heterocycles. The van der Waals surface area contributed by atoms with Gasteiger partial charge in [0.2, 0.25) is 11.8 Å². The molecule has 10 heteroatoms. The lowest BCUT2D eigenvalue weighted by Crippen LogP contribution is -2.55. The van der Waals surface area contributed by atoms with Gasteiger partial charge in [-0.1, -0.05) is 19.8 Å². The van der Waals surface area contributed by atoms with E-state index in [1.165, 1.54) is 0 Å². The van der Waals surface area contributed by atoms with Crippen LogP contribution in [-0.4, -0.2) is 114 Å². The summed E-state index contributed by atoms with van der Waals surface area (Å²) >= 11 is 0. The number of urea groups is 1. The van der Waals surface area contributed by atoms with Crippen molar-refractivity contribution in [1.82, 2.24) is 24.9 Å². The number of nitrogens with zero attached hydrogens (tertiary/aromatic N) is 4. The lowest BCUT2D eigenvalue weighted by atomic mass is 9.73. The average Bonchev–Trinajstić information content (AvgIpc) is 3.01. The van der Waals surface area contributed by atoms with Gasteiger partial charge in [0.1, 0.15) is 12.1 Å². The second-order valence-corrected chi connectivity index (χ2v) is 9.09. The van der Waals surface area contributed by atoms with E-state index in [0.29, 0.717) is 65.4 Å².